The van der Waals surface area contributed by atoms with Crippen molar-refractivity contribution in [3.05, 3.63) is 23.8 Å². The fourth-order valence-electron chi connectivity index (χ4n) is 1.75. The molecule has 5 heteroatoms. The van der Waals surface area contributed by atoms with E-state index in [2.05, 4.69) is 10.4 Å². The van der Waals surface area contributed by atoms with E-state index in [1.54, 1.807) is 19.2 Å². The number of aromatic hydroxyl groups is 1. The van der Waals surface area contributed by atoms with Gasteiger partial charge in [-0.15, -0.1) is 0 Å². The number of hydrazine groups is 1. The highest BCUT2D eigenvalue weighted by atomic mass is 16.5. The first-order valence-electron chi connectivity index (χ1n) is 5.71. The SMILES string of the molecule is COc1ccc(O)c(CNN2CCOCC2)c1. The van der Waals surface area contributed by atoms with Crippen LogP contribution in [0.1, 0.15) is 5.56 Å². The Labute approximate surface area is 101 Å². The molecule has 1 aromatic carbocycles. The molecule has 0 amide bonds. The van der Waals surface area contributed by atoms with E-state index >= 15 is 0 Å². The second kappa shape index (κ2) is 5.86. The lowest BCUT2D eigenvalue weighted by atomic mass is 10.2. The molecule has 0 atom stereocenters. The van der Waals surface area contributed by atoms with Crippen LogP contribution < -0.4 is 10.2 Å². The topological polar surface area (TPSA) is 54.0 Å². The normalized spacial score (nSPS) is 17.0. The molecule has 1 aliphatic rings. The van der Waals surface area contributed by atoms with Crippen LogP contribution in [0.4, 0.5) is 0 Å². The van der Waals surface area contributed by atoms with E-state index in [1.807, 2.05) is 6.07 Å². The van der Waals surface area contributed by atoms with Crippen molar-refractivity contribution < 1.29 is 14.6 Å². The Morgan fingerprint density at radius 2 is 2.18 bits per heavy atom. The average molecular weight is 238 g/mol. The molecule has 2 rings (SSSR count). The van der Waals surface area contributed by atoms with Crippen LogP contribution in [-0.4, -0.2) is 43.5 Å². The lowest BCUT2D eigenvalue weighted by Crippen LogP contribution is -2.45. The van der Waals surface area contributed by atoms with Gasteiger partial charge in [0, 0.05) is 25.2 Å². The highest BCUT2D eigenvalue weighted by Crippen LogP contribution is 2.22. The molecular formula is C12H18N2O3. The maximum Gasteiger partial charge on any atom is 0.120 e. The number of hydrogen-bond acceptors (Lipinski definition) is 5. The lowest BCUT2D eigenvalue weighted by molar-refractivity contribution is 0.0104. The standard InChI is InChI=1S/C12H18N2O3/c1-16-11-2-3-12(15)10(8-11)9-13-14-4-6-17-7-5-14/h2-3,8,13,15H,4-7,9H2,1H3. The summed E-state index contributed by atoms with van der Waals surface area (Å²) in [5, 5.41) is 11.8. The second-order valence-electron chi connectivity index (χ2n) is 3.93. The minimum Gasteiger partial charge on any atom is -0.508 e. The van der Waals surface area contributed by atoms with E-state index < -0.39 is 0 Å². The molecule has 1 fully saturated rings. The van der Waals surface area contributed by atoms with Gasteiger partial charge in [-0.3, -0.25) is 5.43 Å². The number of nitrogens with zero attached hydrogens (tertiary/aromatic N) is 1. The zero-order valence-corrected chi connectivity index (χ0v) is 9.98. The molecule has 1 saturated heterocycles. The van der Waals surface area contributed by atoms with E-state index in [-0.39, 0.29) is 5.75 Å². The van der Waals surface area contributed by atoms with Crippen molar-refractivity contribution >= 4 is 0 Å². The third kappa shape index (κ3) is 3.33. The van der Waals surface area contributed by atoms with E-state index in [0.29, 0.717) is 6.54 Å². The quantitative estimate of drug-likeness (QED) is 0.810. The summed E-state index contributed by atoms with van der Waals surface area (Å²) >= 11 is 0. The Hall–Kier alpha value is -1.30. The van der Waals surface area contributed by atoms with Gasteiger partial charge in [-0.2, -0.15) is 0 Å². The molecule has 0 unspecified atom stereocenters. The van der Waals surface area contributed by atoms with Crippen LogP contribution in [0.25, 0.3) is 0 Å². The molecule has 0 aliphatic carbocycles. The van der Waals surface area contributed by atoms with Gasteiger partial charge >= 0.3 is 0 Å². The first-order valence-corrected chi connectivity index (χ1v) is 5.71. The van der Waals surface area contributed by atoms with Crippen molar-refractivity contribution in [1.29, 1.82) is 0 Å². The van der Waals surface area contributed by atoms with Crippen LogP contribution in [0.5, 0.6) is 11.5 Å². The van der Waals surface area contributed by atoms with Gasteiger partial charge in [0.1, 0.15) is 11.5 Å². The van der Waals surface area contributed by atoms with Crippen LogP contribution >= 0.6 is 0 Å². The van der Waals surface area contributed by atoms with E-state index in [4.69, 9.17) is 9.47 Å². The highest BCUT2D eigenvalue weighted by Gasteiger charge is 2.10. The van der Waals surface area contributed by atoms with Crippen molar-refractivity contribution in [2.75, 3.05) is 33.4 Å². The summed E-state index contributed by atoms with van der Waals surface area (Å²) in [6.45, 7) is 3.81. The van der Waals surface area contributed by atoms with Gasteiger partial charge in [-0.05, 0) is 18.2 Å². The van der Waals surface area contributed by atoms with Crippen molar-refractivity contribution in [2.45, 2.75) is 6.54 Å². The Morgan fingerprint density at radius 3 is 2.88 bits per heavy atom. The van der Waals surface area contributed by atoms with Crippen LogP contribution in [-0.2, 0) is 11.3 Å². The fourth-order valence-corrected chi connectivity index (χ4v) is 1.75. The maximum atomic E-state index is 9.72. The van der Waals surface area contributed by atoms with Crippen molar-refractivity contribution in [2.24, 2.45) is 0 Å². The summed E-state index contributed by atoms with van der Waals surface area (Å²) < 4.78 is 10.4. The Balaban J connectivity index is 1.92. The predicted octanol–water partition coefficient (Wildman–Crippen LogP) is 0.738. The maximum absolute atomic E-state index is 9.72. The number of nitrogens with one attached hydrogen (secondary N) is 1. The lowest BCUT2D eigenvalue weighted by Gasteiger charge is -2.27. The first-order chi connectivity index (χ1) is 8.29. The molecule has 1 aromatic rings. The highest BCUT2D eigenvalue weighted by molar-refractivity contribution is 5.39. The molecule has 0 radical (unpaired) electrons. The Kier molecular flexibility index (Phi) is 4.19. The number of hydrogen-bond donors (Lipinski definition) is 2. The number of ether oxygens (including phenoxy) is 2. The summed E-state index contributed by atoms with van der Waals surface area (Å²) in [7, 11) is 1.62. The minimum absolute atomic E-state index is 0.284. The molecular weight excluding hydrogens is 220 g/mol. The molecule has 17 heavy (non-hydrogen) atoms. The molecule has 5 nitrogen and oxygen atoms in total. The number of morpholine rings is 1. The van der Waals surface area contributed by atoms with Crippen LogP contribution in [0.15, 0.2) is 18.2 Å². The summed E-state index contributed by atoms with van der Waals surface area (Å²) in [6, 6.07) is 5.23. The van der Waals surface area contributed by atoms with E-state index in [0.717, 1.165) is 37.6 Å². The molecule has 0 bridgehead atoms. The van der Waals surface area contributed by atoms with Crippen molar-refractivity contribution in [1.82, 2.24) is 10.4 Å². The molecule has 0 aromatic heterocycles. The molecule has 94 valence electrons. The second-order valence-corrected chi connectivity index (χ2v) is 3.93. The summed E-state index contributed by atoms with van der Waals surface area (Å²) in [4.78, 5) is 0. The smallest absolute Gasteiger partial charge is 0.120 e. The van der Waals surface area contributed by atoms with Gasteiger partial charge in [-0.1, -0.05) is 0 Å². The molecule has 1 aliphatic heterocycles. The van der Waals surface area contributed by atoms with Gasteiger partial charge < -0.3 is 14.6 Å². The number of benzene rings is 1. The van der Waals surface area contributed by atoms with Crippen LogP contribution in [0, 0.1) is 0 Å². The van der Waals surface area contributed by atoms with Crippen molar-refractivity contribution in [3.63, 3.8) is 0 Å². The van der Waals surface area contributed by atoms with E-state index in [1.165, 1.54) is 0 Å². The summed E-state index contributed by atoms with van der Waals surface area (Å²) in [5.74, 6) is 1.04. The number of phenolic OH excluding ortho intramolecular Hbond substituents is 1. The predicted molar refractivity (Wildman–Crippen MR) is 63.9 cm³/mol. The van der Waals surface area contributed by atoms with Gasteiger partial charge in [0.15, 0.2) is 0 Å². The number of methoxy groups -OCH3 is 1. The summed E-state index contributed by atoms with van der Waals surface area (Å²) in [6.07, 6.45) is 0. The zero-order chi connectivity index (χ0) is 12.1. The van der Waals surface area contributed by atoms with Crippen molar-refractivity contribution in [3.8, 4) is 11.5 Å². The number of rotatable bonds is 4. The monoisotopic (exact) mass is 238 g/mol. The van der Waals surface area contributed by atoms with Crippen LogP contribution in [0.3, 0.4) is 0 Å². The molecule has 2 N–H and O–H groups in total. The molecule has 0 saturated carbocycles. The van der Waals surface area contributed by atoms with Gasteiger partial charge in [0.2, 0.25) is 0 Å². The Morgan fingerprint density at radius 1 is 1.41 bits per heavy atom. The molecule has 1 heterocycles. The van der Waals surface area contributed by atoms with Gasteiger partial charge in [-0.25, -0.2) is 5.01 Å². The molecule has 0 spiro atoms. The van der Waals surface area contributed by atoms with Gasteiger partial charge in [0.25, 0.3) is 0 Å². The fraction of sp³-hybridized carbons (Fsp3) is 0.500. The number of phenols is 1. The summed E-state index contributed by atoms with van der Waals surface area (Å²) in [5.41, 5.74) is 4.10. The third-order valence-corrected chi connectivity index (χ3v) is 2.79. The van der Waals surface area contributed by atoms with Crippen LogP contribution in [0.2, 0.25) is 0 Å². The van der Waals surface area contributed by atoms with E-state index in [9.17, 15) is 5.11 Å². The first kappa shape index (κ1) is 12.2. The largest absolute Gasteiger partial charge is 0.508 e. The third-order valence-electron chi connectivity index (χ3n) is 2.79. The zero-order valence-electron chi connectivity index (χ0n) is 9.98. The van der Waals surface area contributed by atoms with Gasteiger partial charge in [0.05, 0.1) is 20.3 Å². The minimum atomic E-state index is 0.284. The average Bonchev–Trinajstić information content (AvgIpc) is 2.39. The Bertz CT molecular complexity index is 365.